The highest BCUT2D eigenvalue weighted by Crippen LogP contribution is 2.30. The molecular formula is C14H14ClN3OS. The summed E-state index contributed by atoms with van der Waals surface area (Å²) in [5.74, 6) is 0.813. The van der Waals surface area contributed by atoms with E-state index in [0.717, 1.165) is 28.1 Å². The van der Waals surface area contributed by atoms with Crippen molar-refractivity contribution >= 4 is 34.9 Å². The Labute approximate surface area is 126 Å². The van der Waals surface area contributed by atoms with Crippen LogP contribution < -0.4 is 0 Å². The fourth-order valence-electron chi connectivity index (χ4n) is 2.71. The monoisotopic (exact) mass is 307 g/mol. The molecule has 2 aromatic heterocycles. The summed E-state index contributed by atoms with van der Waals surface area (Å²) in [6, 6.07) is 5.80. The van der Waals surface area contributed by atoms with E-state index in [1.165, 1.54) is 0 Å². The van der Waals surface area contributed by atoms with Crippen LogP contribution in [0.15, 0.2) is 22.7 Å². The number of benzene rings is 1. The maximum Gasteiger partial charge on any atom is 0.178 e. The van der Waals surface area contributed by atoms with E-state index in [9.17, 15) is 0 Å². The second-order valence-electron chi connectivity index (χ2n) is 4.85. The van der Waals surface area contributed by atoms with Gasteiger partial charge in [-0.3, -0.25) is 0 Å². The van der Waals surface area contributed by atoms with Gasteiger partial charge in [-0.15, -0.1) is 0 Å². The molecule has 1 aromatic carbocycles. The van der Waals surface area contributed by atoms with E-state index in [2.05, 4.69) is 17.1 Å². The maximum absolute atomic E-state index is 6.21. The second kappa shape index (κ2) is 4.75. The molecule has 0 bridgehead atoms. The van der Waals surface area contributed by atoms with Crippen LogP contribution in [-0.4, -0.2) is 14.7 Å². The molecule has 1 unspecified atom stereocenters. The number of hydrogen-bond donors (Lipinski definition) is 1. The van der Waals surface area contributed by atoms with Gasteiger partial charge in [-0.2, -0.15) is 0 Å². The molecule has 3 aromatic rings. The molecule has 104 valence electrons. The molecule has 1 N–H and O–H groups in total. The maximum atomic E-state index is 6.21. The molecule has 4 nitrogen and oxygen atoms in total. The molecule has 2 heterocycles. The van der Waals surface area contributed by atoms with Crippen LogP contribution in [0.4, 0.5) is 0 Å². The number of para-hydroxylation sites is 1. The van der Waals surface area contributed by atoms with E-state index in [0.29, 0.717) is 9.79 Å². The molecule has 3 rings (SSSR count). The largest absolute Gasteiger partial charge is 0.361 e. The average Bonchev–Trinajstić information content (AvgIpc) is 2.90. The van der Waals surface area contributed by atoms with Gasteiger partial charge in [0.05, 0.1) is 27.8 Å². The standard InChI is InChI=1S/C14H14ClN3OS/c1-7-12(9(3)19-17-7)8(2)18-11-6-4-5-10(15)13(11)16-14(18)20/h4-6,8H,1-3H3,(H,16,20). The first-order valence-electron chi connectivity index (χ1n) is 6.32. The zero-order valence-electron chi connectivity index (χ0n) is 11.4. The van der Waals surface area contributed by atoms with Crippen molar-refractivity contribution in [2.24, 2.45) is 0 Å². The quantitative estimate of drug-likeness (QED) is 0.706. The number of aryl methyl sites for hydroxylation is 2. The zero-order valence-corrected chi connectivity index (χ0v) is 13.0. The fourth-order valence-corrected chi connectivity index (χ4v) is 3.29. The Morgan fingerprint density at radius 1 is 1.40 bits per heavy atom. The van der Waals surface area contributed by atoms with Gasteiger partial charge in [-0.05, 0) is 45.1 Å². The number of halogens is 1. The fraction of sp³-hybridized carbons (Fsp3) is 0.286. The normalized spacial score (nSPS) is 13.0. The van der Waals surface area contributed by atoms with Crippen LogP contribution in [0.25, 0.3) is 11.0 Å². The van der Waals surface area contributed by atoms with E-state index < -0.39 is 0 Å². The van der Waals surface area contributed by atoms with Crippen LogP contribution in [0.2, 0.25) is 5.02 Å². The van der Waals surface area contributed by atoms with Gasteiger partial charge in [0.25, 0.3) is 0 Å². The van der Waals surface area contributed by atoms with Gasteiger partial charge in [0, 0.05) is 5.56 Å². The molecule has 0 amide bonds. The van der Waals surface area contributed by atoms with Crippen molar-refractivity contribution in [3.8, 4) is 0 Å². The lowest BCUT2D eigenvalue weighted by molar-refractivity contribution is 0.391. The minimum Gasteiger partial charge on any atom is -0.361 e. The number of H-pyrrole nitrogens is 1. The van der Waals surface area contributed by atoms with Crippen LogP contribution in [-0.2, 0) is 0 Å². The van der Waals surface area contributed by atoms with E-state index in [1.807, 2.05) is 36.6 Å². The van der Waals surface area contributed by atoms with Gasteiger partial charge in [0.15, 0.2) is 4.77 Å². The topological polar surface area (TPSA) is 46.8 Å². The molecule has 0 spiro atoms. The number of fused-ring (bicyclic) bond motifs is 1. The molecule has 0 saturated heterocycles. The van der Waals surface area contributed by atoms with Crippen LogP contribution in [0.3, 0.4) is 0 Å². The van der Waals surface area contributed by atoms with E-state index in [4.69, 9.17) is 28.3 Å². The van der Waals surface area contributed by atoms with Gasteiger partial charge in [-0.25, -0.2) is 0 Å². The molecule has 0 saturated carbocycles. The van der Waals surface area contributed by atoms with Crippen molar-refractivity contribution in [1.29, 1.82) is 0 Å². The molecule has 20 heavy (non-hydrogen) atoms. The predicted molar refractivity (Wildman–Crippen MR) is 81.9 cm³/mol. The first-order valence-corrected chi connectivity index (χ1v) is 7.11. The number of hydrogen-bond acceptors (Lipinski definition) is 3. The van der Waals surface area contributed by atoms with Gasteiger partial charge in [0.1, 0.15) is 5.76 Å². The van der Waals surface area contributed by atoms with Gasteiger partial charge >= 0.3 is 0 Å². The molecule has 0 aliphatic rings. The Bertz CT molecular complexity index is 826. The van der Waals surface area contributed by atoms with Gasteiger partial charge in [-0.1, -0.05) is 22.8 Å². The van der Waals surface area contributed by atoms with E-state index in [-0.39, 0.29) is 6.04 Å². The highest BCUT2D eigenvalue weighted by atomic mass is 35.5. The van der Waals surface area contributed by atoms with Crippen LogP contribution in [0, 0.1) is 18.6 Å². The summed E-state index contributed by atoms with van der Waals surface area (Å²) >= 11 is 11.7. The minimum absolute atomic E-state index is 0.0287. The molecular weight excluding hydrogens is 294 g/mol. The number of nitrogens with zero attached hydrogens (tertiary/aromatic N) is 2. The summed E-state index contributed by atoms with van der Waals surface area (Å²) in [6.45, 7) is 5.93. The number of aromatic amines is 1. The van der Waals surface area contributed by atoms with Crippen molar-refractivity contribution in [3.63, 3.8) is 0 Å². The van der Waals surface area contributed by atoms with E-state index in [1.54, 1.807) is 0 Å². The van der Waals surface area contributed by atoms with E-state index >= 15 is 0 Å². The Balaban J connectivity index is 2.28. The van der Waals surface area contributed by atoms with Crippen LogP contribution in [0.1, 0.15) is 30.0 Å². The van der Waals surface area contributed by atoms with Crippen molar-refractivity contribution in [2.75, 3.05) is 0 Å². The Kier molecular flexibility index (Phi) is 3.18. The smallest absolute Gasteiger partial charge is 0.178 e. The van der Waals surface area contributed by atoms with Crippen molar-refractivity contribution in [2.45, 2.75) is 26.8 Å². The van der Waals surface area contributed by atoms with Gasteiger partial charge in [0.2, 0.25) is 0 Å². The third-order valence-electron chi connectivity index (χ3n) is 3.60. The zero-order chi connectivity index (χ0) is 14.4. The highest BCUT2D eigenvalue weighted by Gasteiger charge is 2.20. The predicted octanol–water partition coefficient (Wildman–Crippen LogP) is 4.57. The molecule has 6 heteroatoms. The second-order valence-corrected chi connectivity index (χ2v) is 5.64. The summed E-state index contributed by atoms with van der Waals surface area (Å²) in [5.41, 5.74) is 3.78. The summed E-state index contributed by atoms with van der Waals surface area (Å²) in [7, 11) is 0. The third-order valence-corrected chi connectivity index (χ3v) is 4.21. The van der Waals surface area contributed by atoms with Crippen LogP contribution >= 0.6 is 23.8 Å². The van der Waals surface area contributed by atoms with Crippen molar-refractivity contribution < 1.29 is 4.52 Å². The Hall–Kier alpha value is -1.59. The summed E-state index contributed by atoms with van der Waals surface area (Å²) in [5, 5.41) is 4.68. The van der Waals surface area contributed by atoms with Crippen molar-refractivity contribution in [3.05, 3.63) is 45.0 Å². The molecule has 0 aliphatic heterocycles. The van der Waals surface area contributed by atoms with Gasteiger partial charge < -0.3 is 14.1 Å². The lowest BCUT2D eigenvalue weighted by Gasteiger charge is -2.14. The number of nitrogens with one attached hydrogen (secondary N) is 1. The summed E-state index contributed by atoms with van der Waals surface area (Å²) < 4.78 is 7.94. The highest BCUT2D eigenvalue weighted by molar-refractivity contribution is 7.71. The van der Waals surface area contributed by atoms with Crippen LogP contribution in [0.5, 0.6) is 0 Å². The first-order chi connectivity index (χ1) is 9.50. The minimum atomic E-state index is 0.0287. The molecule has 0 fully saturated rings. The summed E-state index contributed by atoms with van der Waals surface area (Å²) in [4.78, 5) is 3.17. The lowest BCUT2D eigenvalue weighted by Crippen LogP contribution is -2.08. The summed E-state index contributed by atoms with van der Waals surface area (Å²) in [6.07, 6.45) is 0. The lowest BCUT2D eigenvalue weighted by atomic mass is 10.1. The molecule has 0 radical (unpaired) electrons. The third kappa shape index (κ3) is 1.89. The average molecular weight is 308 g/mol. The Morgan fingerprint density at radius 3 is 2.80 bits per heavy atom. The Morgan fingerprint density at radius 2 is 2.15 bits per heavy atom. The SMILES string of the molecule is Cc1noc(C)c1C(C)n1c(=S)[nH]c2c(Cl)cccc21. The number of rotatable bonds is 2. The van der Waals surface area contributed by atoms with Crippen molar-refractivity contribution in [1.82, 2.24) is 14.7 Å². The number of imidazole rings is 1. The number of aromatic nitrogens is 3. The molecule has 1 atom stereocenters. The molecule has 0 aliphatic carbocycles. The first kappa shape index (κ1) is 13.4.